The van der Waals surface area contributed by atoms with Crippen LogP contribution in [0.4, 0.5) is 0 Å². The Morgan fingerprint density at radius 2 is 2.08 bits per heavy atom. The van der Waals surface area contributed by atoms with Gasteiger partial charge in [0.25, 0.3) is 0 Å². The standard InChI is InChI=1S/C23H37NO2/c1-5-6-9-17(2)22(25)12-11-20-21-15-18(10-7-8-13-24(3)4)14-19(21)16-23(20)26/h10-12,17,19-23,25-26H,7-9,13-16H2,1-4H3/t17-,19-,20+,21-,22+,23+/m0/s1. The molecule has 0 bridgehead atoms. The molecule has 0 aromatic rings. The van der Waals surface area contributed by atoms with Crippen molar-refractivity contribution in [3.8, 4) is 11.8 Å². The van der Waals surface area contributed by atoms with Crippen molar-refractivity contribution in [1.29, 1.82) is 0 Å². The first-order chi connectivity index (χ1) is 12.4. The summed E-state index contributed by atoms with van der Waals surface area (Å²) in [6.45, 7) is 4.99. The lowest BCUT2D eigenvalue weighted by Crippen LogP contribution is -2.19. The van der Waals surface area contributed by atoms with Gasteiger partial charge in [-0.25, -0.2) is 0 Å². The molecular weight excluding hydrogens is 322 g/mol. The van der Waals surface area contributed by atoms with E-state index in [0.29, 0.717) is 18.3 Å². The largest absolute Gasteiger partial charge is 0.392 e. The maximum atomic E-state index is 10.5. The van der Waals surface area contributed by atoms with Crippen LogP contribution in [0, 0.1) is 35.5 Å². The highest BCUT2D eigenvalue weighted by Crippen LogP contribution is 2.50. The minimum Gasteiger partial charge on any atom is -0.392 e. The molecule has 6 atom stereocenters. The number of rotatable bonds is 8. The van der Waals surface area contributed by atoms with Crippen LogP contribution < -0.4 is 0 Å². The van der Waals surface area contributed by atoms with Crippen molar-refractivity contribution in [2.75, 3.05) is 20.6 Å². The molecule has 3 heteroatoms. The molecule has 3 nitrogen and oxygen atoms in total. The third-order valence-corrected chi connectivity index (χ3v) is 6.07. The van der Waals surface area contributed by atoms with Crippen molar-refractivity contribution in [3.05, 3.63) is 23.8 Å². The monoisotopic (exact) mass is 359 g/mol. The second-order valence-electron chi connectivity index (χ2n) is 8.50. The molecule has 0 unspecified atom stereocenters. The molecule has 0 radical (unpaired) electrons. The molecule has 0 aromatic heterocycles. The number of allylic oxidation sites excluding steroid dienone is 2. The number of unbranched alkanes of at least 4 members (excludes halogenated alkanes) is 1. The number of aliphatic hydroxyl groups is 2. The van der Waals surface area contributed by atoms with Gasteiger partial charge in [0.2, 0.25) is 0 Å². The first-order valence-electron chi connectivity index (χ1n) is 10.2. The Kier molecular flexibility index (Phi) is 8.41. The quantitative estimate of drug-likeness (QED) is 0.395. The van der Waals surface area contributed by atoms with Crippen molar-refractivity contribution < 1.29 is 10.2 Å². The Balaban J connectivity index is 1.89. The zero-order valence-electron chi connectivity index (χ0n) is 17.0. The molecule has 26 heavy (non-hydrogen) atoms. The Morgan fingerprint density at radius 1 is 1.31 bits per heavy atom. The van der Waals surface area contributed by atoms with Crippen LogP contribution in [0.1, 0.15) is 52.4 Å². The summed E-state index contributed by atoms with van der Waals surface area (Å²) in [7, 11) is 4.24. The zero-order chi connectivity index (χ0) is 19.1. The molecular formula is C23H37NO2. The Hall–Kier alpha value is -1.08. The van der Waals surface area contributed by atoms with E-state index in [9.17, 15) is 10.2 Å². The maximum absolute atomic E-state index is 10.5. The number of aliphatic hydroxyl groups excluding tert-OH is 2. The van der Waals surface area contributed by atoms with Gasteiger partial charge >= 0.3 is 0 Å². The second-order valence-corrected chi connectivity index (χ2v) is 8.50. The molecule has 0 spiro atoms. The Bertz CT molecular complexity index is 554. The van der Waals surface area contributed by atoms with Crippen LogP contribution in [-0.4, -0.2) is 48.0 Å². The van der Waals surface area contributed by atoms with E-state index in [1.165, 1.54) is 6.42 Å². The summed E-state index contributed by atoms with van der Waals surface area (Å²) >= 11 is 0. The van der Waals surface area contributed by atoms with Crippen molar-refractivity contribution in [2.24, 2.45) is 23.7 Å². The highest BCUT2D eigenvalue weighted by molar-refractivity contribution is 5.18. The summed E-state index contributed by atoms with van der Waals surface area (Å²) in [5.41, 5.74) is 1.58. The maximum Gasteiger partial charge on any atom is 0.0755 e. The first-order valence-corrected chi connectivity index (χ1v) is 10.2. The van der Waals surface area contributed by atoms with Gasteiger partial charge in [-0.1, -0.05) is 30.7 Å². The van der Waals surface area contributed by atoms with E-state index in [0.717, 1.165) is 32.2 Å². The number of hydrogen-bond donors (Lipinski definition) is 2. The van der Waals surface area contributed by atoms with Crippen LogP contribution >= 0.6 is 0 Å². The fourth-order valence-corrected chi connectivity index (χ4v) is 4.47. The van der Waals surface area contributed by atoms with Crippen molar-refractivity contribution >= 4 is 0 Å². The predicted octanol–water partition coefficient (Wildman–Crippen LogP) is 3.63. The van der Waals surface area contributed by atoms with Gasteiger partial charge in [0.05, 0.1) is 12.2 Å². The zero-order valence-corrected chi connectivity index (χ0v) is 17.0. The molecule has 0 heterocycles. The SMILES string of the molecule is CC#CC[C@H](C)[C@H](O)C=C[C@@H]1[C@H]2CC(=CCCCN(C)C)C[C@H]2C[C@H]1O. The van der Waals surface area contributed by atoms with Gasteiger partial charge < -0.3 is 15.1 Å². The second kappa shape index (κ2) is 10.3. The lowest BCUT2D eigenvalue weighted by molar-refractivity contribution is 0.137. The predicted molar refractivity (Wildman–Crippen MR) is 109 cm³/mol. The third-order valence-electron chi connectivity index (χ3n) is 6.07. The van der Waals surface area contributed by atoms with E-state index in [4.69, 9.17) is 0 Å². The van der Waals surface area contributed by atoms with Crippen LogP contribution in [0.15, 0.2) is 23.8 Å². The fourth-order valence-electron chi connectivity index (χ4n) is 4.47. The van der Waals surface area contributed by atoms with Crippen molar-refractivity contribution in [3.63, 3.8) is 0 Å². The molecule has 0 amide bonds. The summed E-state index contributed by atoms with van der Waals surface area (Å²) in [6.07, 6.45) is 11.9. The lowest BCUT2D eigenvalue weighted by atomic mass is 9.89. The number of fused-ring (bicyclic) bond motifs is 1. The number of hydrogen-bond acceptors (Lipinski definition) is 3. The summed E-state index contributed by atoms with van der Waals surface area (Å²) in [5, 5.41) is 20.8. The molecule has 2 rings (SSSR count). The molecule has 2 N–H and O–H groups in total. The molecule has 146 valence electrons. The first kappa shape index (κ1) is 21.2. The summed E-state index contributed by atoms with van der Waals surface area (Å²) in [5.74, 6) is 7.39. The number of nitrogens with zero attached hydrogens (tertiary/aromatic N) is 1. The van der Waals surface area contributed by atoms with E-state index in [2.05, 4.69) is 43.0 Å². The lowest BCUT2D eigenvalue weighted by Gasteiger charge is -2.19. The van der Waals surface area contributed by atoms with Gasteiger partial charge in [0, 0.05) is 12.3 Å². The Labute approximate surface area is 160 Å². The van der Waals surface area contributed by atoms with E-state index < -0.39 is 6.10 Å². The van der Waals surface area contributed by atoms with Crippen LogP contribution in [0.2, 0.25) is 0 Å². The van der Waals surface area contributed by atoms with Gasteiger partial charge in [-0.05, 0) is 77.4 Å². The minimum absolute atomic E-state index is 0.128. The smallest absolute Gasteiger partial charge is 0.0755 e. The van der Waals surface area contributed by atoms with Crippen molar-refractivity contribution in [1.82, 2.24) is 4.90 Å². The summed E-state index contributed by atoms with van der Waals surface area (Å²) in [4.78, 5) is 2.23. The average Bonchev–Trinajstić information content (AvgIpc) is 3.10. The highest BCUT2D eigenvalue weighted by atomic mass is 16.3. The third kappa shape index (κ3) is 5.98. The fraction of sp³-hybridized carbons (Fsp3) is 0.739. The van der Waals surface area contributed by atoms with Crippen LogP contribution in [-0.2, 0) is 0 Å². The van der Waals surface area contributed by atoms with Crippen molar-refractivity contribution in [2.45, 2.75) is 64.6 Å². The van der Waals surface area contributed by atoms with Gasteiger partial charge in [-0.3, -0.25) is 0 Å². The molecule has 0 saturated heterocycles. The van der Waals surface area contributed by atoms with E-state index >= 15 is 0 Å². The minimum atomic E-state index is -0.482. The van der Waals surface area contributed by atoms with Crippen LogP contribution in [0.25, 0.3) is 0 Å². The van der Waals surface area contributed by atoms with Gasteiger partial charge in [-0.15, -0.1) is 11.8 Å². The summed E-state index contributed by atoms with van der Waals surface area (Å²) in [6, 6.07) is 0. The Morgan fingerprint density at radius 3 is 2.77 bits per heavy atom. The molecule has 0 aromatic carbocycles. The molecule has 2 saturated carbocycles. The van der Waals surface area contributed by atoms with E-state index in [1.807, 2.05) is 19.9 Å². The summed E-state index contributed by atoms with van der Waals surface area (Å²) < 4.78 is 0. The van der Waals surface area contributed by atoms with Gasteiger partial charge in [-0.2, -0.15) is 0 Å². The van der Waals surface area contributed by atoms with Crippen LogP contribution in [0.5, 0.6) is 0 Å². The van der Waals surface area contributed by atoms with E-state index in [-0.39, 0.29) is 17.9 Å². The molecule has 0 aliphatic heterocycles. The van der Waals surface area contributed by atoms with E-state index in [1.54, 1.807) is 5.57 Å². The molecule has 2 aliphatic carbocycles. The average molecular weight is 360 g/mol. The topological polar surface area (TPSA) is 43.7 Å². The molecule has 2 fully saturated rings. The van der Waals surface area contributed by atoms with Gasteiger partial charge in [0.1, 0.15) is 0 Å². The highest BCUT2D eigenvalue weighted by Gasteiger charge is 2.44. The van der Waals surface area contributed by atoms with Gasteiger partial charge in [0.15, 0.2) is 0 Å². The van der Waals surface area contributed by atoms with Crippen LogP contribution in [0.3, 0.4) is 0 Å². The molecule has 2 aliphatic rings. The normalized spacial score (nSPS) is 32.0.